The molecule has 6 nitrogen and oxygen atoms in total. The van der Waals surface area contributed by atoms with Gasteiger partial charge in [-0.05, 0) is 31.1 Å². The summed E-state index contributed by atoms with van der Waals surface area (Å²) < 4.78 is 16.9. The number of hydrogen-bond donors (Lipinski definition) is 0. The number of ether oxygens (including phenoxy) is 3. The van der Waals surface area contributed by atoms with Crippen LogP contribution < -0.4 is 0 Å². The molecule has 0 fully saturated rings. The largest absolute Gasteiger partial charge is 0.462 e. The Morgan fingerprint density at radius 3 is 0.905 bits per heavy atom. The van der Waals surface area contributed by atoms with E-state index >= 15 is 0 Å². The Hall–Kier alpha value is -1.59. The van der Waals surface area contributed by atoms with E-state index in [4.69, 9.17) is 14.2 Å². The third-order valence-corrected chi connectivity index (χ3v) is 13.3. The Labute approximate surface area is 393 Å². The first-order valence-corrected chi connectivity index (χ1v) is 28.3. The van der Waals surface area contributed by atoms with Gasteiger partial charge in [0.05, 0.1) is 0 Å². The van der Waals surface area contributed by atoms with Crippen LogP contribution in [0.4, 0.5) is 0 Å². The van der Waals surface area contributed by atoms with Gasteiger partial charge in [0.2, 0.25) is 0 Å². The van der Waals surface area contributed by atoms with Crippen molar-refractivity contribution in [2.45, 2.75) is 323 Å². The van der Waals surface area contributed by atoms with Crippen molar-refractivity contribution in [1.29, 1.82) is 0 Å². The van der Waals surface area contributed by atoms with Crippen molar-refractivity contribution < 1.29 is 28.6 Å². The maximum Gasteiger partial charge on any atom is 0.306 e. The second kappa shape index (κ2) is 49.8. The normalized spacial score (nSPS) is 12.5. The molecule has 0 bridgehead atoms. The molecule has 0 radical (unpaired) electrons. The summed E-state index contributed by atoms with van der Waals surface area (Å²) in [5, 5.41) is 0. The highest BCUT2D eigenvalue weighted by Gasteiger charge is 2.19. The molecule has 0 aliphatic carbocycles. The van der Waals surface area contributed by atoms with Gasteiger partial charge < -0.3 is 14.2 Å². The molecule has 63 heavy (non-hydrogen) atoms. The second-order valence-electron chi connectivity index (χ2n) is 20.3. The first-order chi connectivity index (χ1) is 30.8. The van der Waals surface area contributed by atoms with Crippen molar-refractivity contribution >= 4 is 17.9 Å². The second-order valence-corrected chi connectivity index (χ2v) is 20.3. The molecule has 0 amide bonds. The summed E-state index contributed by atoms with van der Waals surface area (Å²) in [6.45, 7) is 11.4. The number of unbranched alkanes of at least 4 members (excludes halogenated alkanes) is 35. The fraction of sp³-hybridized carbons (Fsp3) is 0.947. The lowest BCUT2D eigenvalue weighted by atomic mass is 10.00. The van der Waals surface area contributed by atoms with E-state index in [0.29, 0.717) is 19.3 Å². The van der Waals surface area contributed by atoms with E-state index in [1.165, 1.54) is 205 Å². The Kier molecular flexibility index (Phi) is 48.6. The number of carbonyl (C=O) groups is 3. The topological polar surface area (TPSA) is 78.9 Å². The van der Waals surface area contributed by atoms with E-state index in [2.05, 4.69) is 34.6 Å². The van der Waals surface area contributed by atoms with Crippen molar-refractivity contribution in [3.8, 4) is 0 Å². The Balaban J connectivity index is 4.24. The molecule has 0 spiro atoms. The highest BCUT2D eigenvalue weighted by Crippen LogP contribution is 2.18. The monoisotopic (exact) mass is 891 g/mol. The van der Waals surface area contributed by atoms with Crippen LogP contribution in [0.1, 0.15) is 317 Å². The molecule has 1 unspecified atom stereocenters. The van der Waals surface area contributed by atoms with Gasteiger partial charge in [0, 0.05) is 19.3 Å². The molecule has 0 aliphatic heterocycles. The van der Waals surface area contributed by atoms with Crippen molar-refractivity contribution in [1.82, 2.24) is 0 Å². The van der Waals surface area contributed by atoms with Gasteiger partial charge in [0.15, 0.2) is 6.10 Å². The predicted molar refractivity (Wildman–Crippen MR) is 270 cm³/mol. The summed E-state index contributed by atoms with van der Waals surface area (Å²) in [5.41, 5.74) is 0. The van der Waals surface area contributed by atoms with Crippen LogP contribution in [0.25, 0.3) is 0 Å². The van der Waals surface area contributed by atoms with Gasteiger partial charge in [-0.3, -0.25) is 14.4 Å². The van der Waals surface area contributed by atoms with Crippen LogP contribution in [0, 0.1) is 11.8 Å². The summed E-state index contributed by atoms with van der Waals surface area (Å²) in [6.07, 6.45) is 52.4. The van der Waals surface area contributed by atoms with E-state index in [1.54, 1.807) is 0 Å². The molecule has 0 heterocycles. The van der Waals surface area contributed by atoms with Crippen LogP contribution in [0.3, 0.4) is 0 Å². The lowest BCUT2D eigenvalue weighted by molar-refractivity contribution is -0.167. The molecule has 6 heteroatoms. The first kappa shape index (κ1) is 61.4. The average Bonchev–Trinajstić information content (AvgIpc) is 3.27. The lowest BCUT2D eigenvalue weighted by Gasteiger charge is -2.18. The minimum absolute atomic E-state index is 0.0636. The summed E-state index contributed by atoms with van der Waals surface area (Å²) in [5.74, 6) is 0.822. The van der Waals surface area contributed by atoms with E-state index in [-0.39, 0.29) is 31.1 Å². The van der Waals surface area contributed by atoms with Crippen LogP contribution in [0.2, 0.25) is 0 Å². The Morgan fingerprint density at radius 1 is 0.333 bits per heavy atom. The Bertz CT molecular complexity index is 964. The molecule has 2 atom stereocenters. The lowest BCUT2D eigenvalue weighted by Crippen LogP contribution is -2.30. The smallest absolute Gasteiger partial charge is 0.306 e. The van der Waals surface area contributed by atoms with Crippen molar-refractivity contribution in [2.75, 3.05) is 13.2 Å². The third kappa shape index (κ3) is 49.7. The highest BCUT2D eigenvalue weighted by molar-refractivity contribution is 5.71. The van der Waals surface area contributed by atoms with Crippen LogP contribution in [-0.4, -0.2) is 37.2 Å². The fourth-order valence-corrected chi connectivity index (χ4v) is 8.66. The van der Waals surface area contributed by atoms with Gasteiger partial charge in [-0.1, -0.05) is 279 Å². The molecular formula is C57H110O6. The van der Waals surface area contributed by atoms with Gasteiger partial charge >= 0.3 is 17.9 Å². The van der Waals surface area contributed by atoms with Crippen LogP contribution in [0.15, 0.2) is 0 Å². The number of esters is 3. The van der Waals surface area contributed by atoms with E-state index in [0.717, 1.165) is 69.6 Å². The van der Waals surface area contributed by atoms with E-state index in [9.17, 15) is 14.4 Å². The molecular weight excluding hydrogens is 781 g/mol. The quantitative estimate of drug-likeness (QED) is 0.0344. The molecule has 0 aromatic heterocycles. The van der Waals surface area contributed by atoms with Gasteiger partial charge in [-0.25, -0.2) is 0 Å². The summed E-state index contributed by atoms with van der Waals surface area (Å²) in [6, 6.07) is 0. The number of rotatable bonds is 51. The van der Waals surface area contributed by atoms with Crippen LogP contribution >= 0.6 is 0 Å². The minimum atomic E-state index is -0.763. The van der Waals surface area contributed by atoms with Crippen LogP contribution in [0.5, 0.6) is 0 Å². The molecule has 0 saturated heterocycles. The molecule has 0 N–H and O–H groups in total. The molecule has 0 rings (SSSR count). The fourth-order valence-electron chi connectivity index (χ4n) is 8.66. The van der Waals surface area contributed by atoms with Crippen LogP contribution in [-0.2, 0) is 28.6 Å². The highest BCUT2D eigenvalue weighted by atomic mass is 16.6. The van der Waals surface area contributed by atoms with E-state index < -0.39 is 6.10 Å². The molecule has 0 saturated carbocycles. The average molecular weight is 892 g/mol. The molecule has 0 aromatic carbocycles. The standard InChI is InChI=1S/C57H110O6/c1-6-8-9-10-11-12-13-14-15-19-23-26-29-32-39-44-49-57(60)63-54(51-62-56(59)48-43-38-34-33-36-41-46-53(5)7-2)50-61-55(58)47-42-37-31-28-25-22-20-17-16-18-21-24-27-30-35-40-45-52(3)4/h52-54H,6-51H2,1-5H3/t53?,54-/m0/s1. The zero-order chi connectivity index (χ0) is 46.1. The molecule has 0 aromatic rings. The summed E-state index contributed by atoms with van der Waals surface area (Å²) in [7, 11) is 0. The zero-order valence-corrected chi connectivity index (χ0v) is 43.2. The maximum atomic E-state index is 12.8. The summed E-state index contributed by atoms with van der Waals surface area (Å²) in [4.78, 5) is 38.0. The number of hydrogen-bond acceptors (Lipinski definition) is 6. The van der Waals surface area contributed by atoms with Gasteiger partial charge in [-0.2, -0.15) is 0 Å². The maximum absolute atomic E-state index is 12.8. The zero-order valence-electron chi connectivity index (χ0n) is 43.2. The molecule has 0 aliphatic rings. The first-order valence-electron chi connectivity index (χ1n) is 28.3. The van der Waals surface area contributed by atoms with Gasteiger partial charge in [-0.15, -0.1) is 0 Å². The Morgan fingerprint density at radius 2 is 0.603 bits per heavy atom. The van der Waals surface area contributed by atoms with Crippen molar-refractivity contribution in [2.24, 2.45) is 11.8 Å². The van der Waals surface area contributed by atoms with Crippen molar-refractivity contribution in [3.63, 3.8) is 0 Å². The van der Waals surface area contributed by atoms with Gasteiger partial charge in [0.1, 0.15) is 13.2 Å². The number of carbonyl (C=O) groups excluding carboxylic acids is 3. The van der Waals surface area contributed by atoms with Crippen molar-refractivity contribution in [3.05, 3.63) is 0 Å². The third-order valence-electron chi connectivity index (χ3n) is 13.3. The minimum Gasteiger partial charge on any atom is -0.462 e. The molecule has 374 valence electrons. The summed E-state index contributed by atoms with van der Waals surface area (Å²) >= 11 is 0. The SMILES string of the molecule is CCCCCCCCCCCCCCCCCCC(=O)O[C@@H](COC(=O)CCCCCCCCCCCCCCCCCCC(C)C)COC(=O)CCCCCCCCC(C)CC. The van der Waals surface area contributed by atoms with E-state index in [1.807, 2.05) is 0 Å². The van der Waals surface area contributed by atoms with Gasteiger partial charge in [0.25, 0.3) is 0 Å². The predicted octanol–water partition coefficient (Wildman–Crippen LogP) is 18.5.